The lowest BCUT2D eigenvalue weighted by Crippen LogP contribution is -2.21. The summed E-state index contributed by atoms with van der Waals surface area (Å²) >= 11 is 7.34. The molecule has 4 aromatic rings. The second-order valence-electron chi connectivity index (χ2n) is 7.24. The predicted octanol–water partition coefficient (Wildman–Crippen LogP) is 4.92. The van der Waals surface area contributed by atoms with Crippen LogP contribution in [0.15, 0.2) is 83.3 Å². The van der Waals surface area contributed by atoms with E-state index in [0.717, 1.165) is 22.4 Å². The molecule has 166 valence electrons. The van der Waals surface area contributed by atoms with Crippen molar-refractivity contribution >= 4 is 35.0 Å². The number of hydrogen-bond acceptors (Lipinski definition) is 6. The number of aromatic nitrogens is 4. The molecule has 0 aliphatic rings. The molecule has 0 atom stereocenters. The fourth-order valence-electron chi connectivity index (χ4n) is 3.04. The molecule has 0 aliphatic heterocycles. The first-order chi connectivity index (χ1) is 16.0. The third-order valence-electron chi connectivity index (χ3n) is 4.81. The zero-order chi connectivity index (χ0) is 23.2. The highest BCUT2D eigenvalue weighted by molar-refractivity contribution is 7.99. The first-order valence-corrected chi connectivity index (χ1v) is 11.5. The van der Waals surface area contributed by atoms with Gasteiger partial charge in [0.25, 0.3) is 5.91 Å². The van der Waals surface area contributed by atoms with E-state index in [0.29, 0.717) is 21.7 Å². The van der Waals surface area contributed by atoms with Gasteiger partial charge in [-0.1, -0.05) is 41.1 Å². The third kappa shape index (κ3) is 5.66. The fraction of sp³-hybridized carbons (Fsp3) is 0.125. The van der Waals surface area contributed by atoms with Crippen molar-refractivity contribution in [3.63, 3.8) is 0 Å². The van der Waals surface area contributed by atoms with Gasteiger partial charge in [-0.2, -0.15) is 5.10 Å². The second kappa shape index (κ2) is 10.4. The van der Waals surface area contributed by atoms with Gasteiger partial charge < -0.3 is 0 Å². The van der Waals surface area contributed by atoms with Gasteiger partial charge in [-0.15, -0.1) is 10.2 Å². The molecule has 0 fully saturated rings. The quantitative estimate of drug-likeness (QED) is 0.232. The van der Waals surface area contributed by atoms with E-state index < -0.39 is 0 Å². The minimum atomic E-state index is -0.236. The molecule has 0 radical (unpaired) electrons. The fourth-order valence-corrected chi connectivity index (χ4v) is 3.91. The first-order valence-electron chi connectivity index (χ1n) is 10.2. The van der Waals surface area contributed by atoms with Gasteiger partial charge in [0.2, 0.25) is 0 Å². The summed E-state index contributed by atoms with van der Waals surface area (Å²) in [5, 5.41) is 14.2. The van der Waals surface area contributed by atoms with E-state index >= 15 is 0 Å². The Morgan fingerprint density at radius 3 is 2.42 bits per heavy atom. The zero-order valence-electron chi connectivity index (χ0n) is 18.1. The van der Waals surface area contributed by atoms with Crippen LogP contribution >= 0.6 is 23.4 Å². The Kier molecular flexibility index (Phi) is 7.16. The molecule has 2 aromatic heterocycles. The molecule has 1 N–H and O–H groups in total. The van der Waals surface area contributed by atoms with Crippen LogP contribution in [-0.2, 0) is 4.79 Å². The first kappa shape index (κ1) is 22.7. The van der Waals surface area contributed by atoms with Crippen LogP contribution < -0.4 is 5.43 Å². The van der Waals surface area contributed by atoms with Gasteiger partial charge in [0.05, 0.1) is 11.5 Å². The summed E-state index contributed by atoms with van der Waals surface area (Å²) < 4.78 is 1.94. The number of carbonyl (C=O) groups is 1. The molecular weight excluding hydrogens is 456 g/mol. The van der Waals surface area contributed by atoms with Crippen molar-refractivity contribution in [1.29, 1.82) is 0 Å². The van der Waals surface area contributed by atoms with Crippen molar-refractivity contribution in [3.05, 3.63) is 89.2 Å². The summed E-state index contributed by atoms with van der Waals surface area (Å²) in [6.45, 7) is 3.86. The zero-order valence-corrected chi connectivity index (χ0v) is 19.6. The molecule has 0 saturated carbocycles. The maximum absolute atomic E-state index is 12.4. The van der Waals surface area contributed by atoms with E-state index in [1.807, 2.05) is 79.1 Å². The van der Waals surface area contributed by atoms with E-state index in [9.17, 15) is 4.79 Å². The average Bonchev–Trinajstić information content (AvgIpc) is 3.26. The number of halogens is 1. The second-order valence-corrected chi connectivity index (χ2v) is 8.62. The van der Waals surface area contributed by atoms with Crippen molar-refractivity contribution in [2.45, 2.75) is 19.0 Å². The Balaban J connectivity index is 1.54. The largest absolute Gasteiger partial charge is 0.272 e. The van der Waals surface area contributed by atoms with E-state index in [1.54, 1.807) is 12.4 Å². The molecule has 4 rings (SSSR count). The SMILES string of the molecule is CC(=NNC(=O)CSc1nnc(-c2ccc(Cl)cc2)n1-c1ccc(C)cc1)c1ccncc1. The van der Waals surface area contributed by atoms with E-state index in [-0.39, 0.29) is 11.7 Å². The number of thioether (sulfide) groups is 1. The molecule has 1 amide bonds. The molecule has 0 spiro atoms. The van der Waals surface area contributed by atoms with Crippen LogP contribution in [0.5, 0.6) is 0 Å². The summed E-state index contributed by atoms with van der Waals surface area (Å²) in [6.07, 6.45) is 3.37. The van der Waals surface area contributed by atoms with Crippen molar-refractivity contribution in [1.82, 2.24) is 25.2 Å². The van der Waals surface area contributed by atoms with Crippen molar-refractivity contribution in [2.24, 2.45) is 5.10 Å². The van der Waals surface area contributed by atoms with Crippen LogP contribution in [0.3, 0.4) is 0 Å². The van der Waals surface area contributed by atoms with Crippen molar-refractivity contribution < 1.29 is 4.79 Å². The minimum Gasteiger partial charge on any atom is -0.272 e. The monoisotopic (exact) mass is 476 g/mol. The van der Waals surface area contributed by atoms with Gasteiger partial charge in [0.15, 0.2) is 11.0 Å². The number of pyridine rings is 1. The smallest absolute Gasteiger partial charge is 0.250 e. The topological polar surface area (TPSA) is 85.1 Å². The molecule has 0 aliphatic carbocycles. The standard InChI is InChI=1S/C24H21ClN6OS/c1-16-3-9-21(10-4-16)31-23(19-5-7-20(25)8-6-19)29-30-24(31)33-15-22(32)28-27-17(2)18-11-13-26-14-12-18/h3-14H,15H2,1-2H3,(H,28,32). The maximum Gasteiger partial charge on any atom is 0.250 e. The number of hydrazone groups is 1. The van der Waals surface area contributed by atoms with Gasteiger partial charge in [-0.05, 0) is 62.4 Å². The highest BCUT2D eigenvalue weighted by Gasteiger charge is 2.17. The highest BCUT2D eigenvalue weighted by Crippen LogP contribution is 2.28. The highest BCUT2D eigenvalue weighted by atomic mass is 35.5. The number of hydrogen-bond donors (Lipinski definition) is 1. The average molecular weight is 477 g/mol. The molecule has 2 aromatic carbocycles. The summed E-state index contributed by atoms with van der Waals surface area (Å²) in [5.74, 6) is 0.572. The molecule has 0 bridgehead atoms. The summed E-state index contributed by atoms with van der Waals surface area (Å²) in [7, 11) is 0. The van der Waals surface area contributed by atoms with Crippen molar-refractivity contribution in [3.8, 4) is 17.1 Å². The van der Waals surface area contributed by atoms with Gasteiger partial charge in [-0.25, -0.2) is 5.43 Å². The Morgan fingerprint density at radius 1 is 1.03 bits per heavy atom. The van der Waals surface area contributed by atoms with Crippen LogP contribution in [0, 0.1) is 6.92 Å². The lowest BCUT2D eigenvalue weighted by Gasteiger charge is -2.11. The van der Waals surface area contributed by atoms with Crippen molar-refractivity contribution in [2.75, 3.05) is 5.75 Å². The van der Waals surface area contributed by atoms with E-state index in [1.165, 1.54) is 11.8 Å². The number of aryl methyl sites for hydroxylation is 1. The van der Waals surface area contributed by atoms with Crippen LogP contribution in [0.4, 0.5) is 0 Å². The number of nitrogens with zero attached hydrogens (tertiary/aromatic N) is 5. The Hall–Kier alpha value is -3.49. The van der Waals surface area contributed by atoms with Crippen LogP contribution in [0.25, 0.3) is 17.1 Å². The minimum absolute atomic E-state index is 0.137. The molecule has 0 unspecified atom stereocenters. The third-order valence-corrected chi connectivity index (χ3v) is 5.99. The summed E-state index contributed by atoms with van der Waals surface area (Å²) in [4.78, 5) is 16.4. The lowest BCUT2D eigenvalue weighted by atomic mass is 10.2. The number of rotatable bonds is 7. The Morgan fingerprint density at radius 2 is 1.73 bits per heavy atom. The van der Waals surface area contributed by atoms with Crippen LogP contribution in [-0.4, -0.2) is 37.1 Å². The van der Waals surface area contributed by atoms with Gasteiger partial charge >= 0.3 is 0 Å². The number of amides is 1. The molecule has 7 nitrogen and oxygen atoms in total. The molecule has 33 heavy (non-hydrogen) atoms. The predicted molar refractivity (Wildman–Crippen MR) is 132 cm³/mol. The Labute approximate surface area is 200 Å². The maximum atomic E-state index is 12.4. The molecule has 0 saturated heterocycles. The summed E-state index contributed by atoms with van der Waals surface area (Å²) in [6, 6.07) is 19.2. The summed E-state index contributed by atoms with van der Waals surface area (Å²) in [5.41, 5.74) is 7.12. The van der Waals surface area contributed by atoms with Gasteiger partial charge in [0, 0.05) is 34.2 Å². The number of carbonyl (C=O) groups excluding carboxylic acids is 1. The number of benzene rings is 2. The van der Waals surface area contributed by atoms with Gasteiger partial charge in [0.1, 0.15) is 0 Å². The van der Waals surface area contributed by atoms with Gasteiger partial charge in [-0.3, -0.25) is 14.3 Å². The molecule has 2 heterocycles. The van der Waals surface area contributed by atoms with Crippen LogP contribution in [0.1, 0.15) is 18.1 Å². The molecular formula is C24H21ClN6OS. The van der Waals surface area contributed by atoms with Crippen LogP contribution in [0.2, 0.25) is 5.02 Å². The van der Waals surface area contributed by atoms with E-state index in [4.69, 9.17) is 11.6 Å². The number of nitrogens with one attached hydrogen (secondary N) is 1. The molecule has 9 heteroatoms. The Bertz CT molecular complexity index is 1270. The van der Waals surface area contributed by atoms with E-state index in [2.05, 4.69) is 25.7 Å². The lowest BCUT2D eigenvalue weighted by molar-refractivity contribution is -0.118. The normalized spacial score (nSPS) is 11.4.